The van der Waals surface area contributed by atoms with Gasteiger partial charge in [0.25, 0.3) is 5.91 Å². The molecule has 3 aliphatic rings. The second-order valence-corrected chi connectivity index (χ2v) is 10.7. The molecule has 168 valence electrons. The molecule has 1 N–H and O–H groups in total. The normalized spacial score (nSPS) is 27.6. The van der Waals surface area contributed by atoms with E-state index in [1.165, 1.54) is 16.2 Å². The van der Waals surface area contributed by atoms with Crippen molar-refractivity contribution in [3.8, 4) is 5.75 Å². The number of ketones is 1. The highest BCUT2D eigenvalue weighted by atomic mass is 35.5. The van der Waals surface area contributed by atoms with Gasteiger partial charge in [0.2, 0.25) is 5.13 Å². The second kappa shape index (κ2) is 8.15. The van der Waals surface area contributed by atoms with Crippen molar-refractivity contribution in [1.29, 1.82) is 0 Å². The number of aromatic hydroxyl groups is 1. The first-order valence-corrected chi connectivity index (χ1v) is 12.1. The number of hydrogen-bond acceptors (Lipinski definition) is 7. The average Bonchev–Trinajstić information content (AvgIpc) is 3.31. The predicted octanol–water partition coefficient (Wildman–Crippen LogP) is 4.16. The Balaban J connectivity index is 1.59. The van der Waals surface area contributed by atoms with Gasteiger partial charge in [-0.2, -0.15) is 0 Å². The minimum Gasteiger partial charge on any atom is -0.508 e. The van der Waals surface area contributed by atoms with Crippen molar-refractivity contribution in [1.82, 2.24) is 10.2 Å². The number of rotatable bonds is 4. The smallest absolute Gasteiger partial charge is 0.296 e. The van der Waals surface area contributed by atoms with Gasteiger partial charge in [0.15, 0.2) is 11.5 Å². The molecule has 9 heteroatoms. The quantitative estimate of drug-likeness (QED) is 0.670. The summed E-state index contributed by atoms with van der Waals surface area (Å²) in [4.78, 5) is 28.7. The fourth-order valence-electron chi connectivity index (χ4n) is 4.76. The van der Waals surface area contributed by atoms with Crippen LogP contribution in [0.2, 0.25) is 0 Å². The van der Waals surface area contributed by atoms with Gasteiger partial charge >= 0.3 is 0 Å². The van der Waals surface area contributed by atoms with Crippen molar-refractivity contribution in [2.24, 2.45) is 11.8 Å². The number of alkyl halides is 1. The van der Waals surface area contributed by atoms with Gasteiger partial charge in [0.05, 0.1) is 17.5 Å². The topological polar surface area (TPSA) is 92.6 Å². The monoisotopic (exact) mass is 473 g/mol. The highest BCUT2D eigenvalue weighted by Crippen LogP contribution is 2.49. The van der Waals surface area contributed by atoms with Crippen LogP contribution in [0.5, 0.6) is 5.75 Å². The number of fused-ring (bicyclic) bond motifs is 1. The van der Waals surface area contributed by atoms with Crippen LogP contribution in [0.25, 0.3) is 0 Å². The van der Waals surface area contributed by atoms with Gasteiger partial charge in [0, 0.05) is 11.8 Å². The number of Topliss-reactive ketones (excluding diaryl/α,β-unsaturated/α-hetero) is 1. The molecule has 1 aromatic heterocycles. The number of aromatic nitrogens is 2. The highest BCUT2D eigenvalue weighted by molar-refractivity contribution is 7.15. The molecule has 0 radical (unpaired) electrons. The zero-order valence-electron chi connectivity index (χ0n) is 17.8. The highest BCUT2D eigenvalue weighted by Gasteiger charge is 2.53. The lowest BCUT2D eigenvalue weighted by Crippen LogP contribution is -2.41. The molecule has 3 heterocycles. The number of amides is 1. The number of carbonyl (C=O) groups is 2. The number of nitrogens with zero attached hydrogens (tertiary/aromatic N) is 3. The molecule has 7 nitrogen and oxygen atoms in total. The summed E-state index contributed by atoms with van der Waals surface area (Å²) in [6, 6.07) is 5.86. The first-order valence-electron chi connectivity index (χ1n) is 10.9. The number of benzene rings is 1. The Labute approximate surface area is 195 Å². The molecule has 0 bridgehead atoms. The van der Waals surface area contributed by atoms with Gasteiger partial charge in [-0.1, -0.05) is 37.3 Å². The van der Waals surface area contributed by atoms with Crippen LogP contribution in [0.15, 0.2) is 35.6 Å². The summed E-state index contributed by atoms with van der Waals surface area (Å²) in [6.07, 6.45) is 2.37. The maximum Gasteiger partial charge on any atom is 0.296 e. The Morgan fingerprint density at radius 2 is 1.97 bits per heavy atom. The number of carbonyl (C=O) groups excluding carboxylic acids is 2. The molecule has 4 unspecified atom stereocenters. The van der Waals surface area contributed by atoms with E-state index in [1.54, 1.807) is 24.3 Å². The summed E-state index contributed by atoms with van der Waals surface area (Å²) in [5.41, 5.74) is 1.06. The fourth-order valence-corrected chi connectivity index (χ4v) is 6.15. The molecule has 2 aromatic rings. The lowest BCUT2D eigenvalue weighted by Gasteiger charge is -2.37. The standard InChI is InChI=1S/C23H24ClN3O4S/c1-11(2)9-17-25-26-23(32-17)27-19(12-3-6-14(28)7-4-12)18-20(29)15-10-13(24)5-8-16(15)31-21(18)22(27)30/h3-4,6-7,11,13,15-16,19,28H,5,8-10H2,1-2H3. The predicted molar refractivity (Wildman–Crippen MR) is 121 cm³/mol. The summed E-state index contributed by atoms with van der Waals surface area (Å²) in [5, 5.41) is 19.5. The van der Waals surface area contributed by atoms with E-state index < -0.39 is 6.04 Å². The van der Waals surface area contributed by atoms with Crippen LogP contribution in [0.3, 0.4) is 0 Å². The number of ether oxygens (including phenoxy) is 1. The van der Waals surface area contributed by atoms with E-state index in [1.807, 2.05) is 0 Å². The second-order valence-electron chi connectivity index (χ2n) is 9.03. The summed E-state index contributed by atoms with van der Waals surface area (Å²) in [7, 11) is 0. The van der Waals surface area contributed by atoms with Crippen molar-refractivity contribution in [3.63, 3.8) is 0 Å². The van der Waals surface area contributed by atoms with Gasteiger partial charge in [-0.25, -0.2) is 0 Å². The minimum absolute atomic E-state index is 0.0759. The van der Waals surface area contributed by atoms with Gasteiger partial charge in [0.1, 0.15) is 16.9 Å². The SMILES string of the molecule is CC(C)Cc1nnc(N2C(=O)C3=C(C(=O)C4CC(Cl)CCC4O3)C2c2ccc(O)cc2)s1. The van der Waals surface area contributed by atoms with E-state index in [0.29, 0.717) is 35.0 Å². The lowest BCUT2D eigenvalue weighted by atomic mass is 9.77. The molecule has 4 atom stereocenters. The molecule has 1 aromatic carbocycles. The third kappa shape index (κ3) is 3.59. The van der Waals surface area contributed by atoms with Crippen molar-refractivity contribution in [3.05, 3.63) is 46.2 Å². The van der Waals surface area contributed by atoms with Crippen molar-refractivity contribution in [2.45, 2.75) is 57.1 Å². The molecule has 2 aliphatic heterocycles. The van der Waals surface area contributed by atoms with Crippen LogP contribution in [0.4, 0.5) is 5.13 Å². The molecule has 32 heavy (non-hydrogen) atoms. The Bertz CT molecular complexity index is 1100. The van der Waals surface area contributed by atoms with Crippen LogP contribution in [0.1, 0.15) is 49.7 Å². The van der Waals surface area contributed by atoms with Crippen molar-refractivity contribution >= 4 is 39.8 Å². The molecule has 1 aliphatic carbocycles. The van der Waals surface area contributed by atoms with Crippen molar-refractivity contribution in [2.75, 3.05) is 4.90 Å². The van der Waals surface area contributed by atoms with Gasteiger partial charge in [-0.3, -0.25) is 14.5 Å². The van der Waals surface area contributed by atoms with Crippen LogP contribution >= 0.6 is 22.9 Å². The maximum atomic E-state index is 13.7. The first kappa shape index (κ1) is 21.4. The first-order chi connectivity index (χ1) is 15.3. The number of hydrogen-bond donors (Lipinski definition) is 1. The van der Waals surface area contributed by atoms with E-state index in [2.05, 4.69) is 24.0 Å². The molecular formula is C23H24ClN3O4S. The van der Waals surface area contributed by atoms with Gasteiger partial charge < -0.3 is 9.84 Å². The summed E-state index contributed by atoms with van der Waals surface area (Å²) >= 11 is 7.72. The molecule has 1 amide bonds. The Kier molecular flexibility index (Phi) is 5.45. The third-order valence-electron chi connectivity index (χ3n) is 6.24. The Morgan fingerprint density at radius 3 is 2.69 bits per heavy atom. The zero-order chi connectivity index (χ0) is 22.6. The maximum absolute atomic E-state index is 13.7. The Morgan fingerprint density at radius 1 is 1.22 bits per heavy atom. The van der Waals surface area contributed by atoms with Crippen LogP contribution < -0.4 is 4.90 Å². The fraction of sp³-hybridized carbons (Fsp3) is 0.478. The molecule has 1 fully saturated rings. The summed E-state index contributed by atoms with van der Waals surface area (Å²) < 4.78 is 6.16. The minimum atomic E-state index is -0.679. The largest absolute Gasteiger partial charge is 0.508 e. The molecular weight excluding hydrogens is 450 g/mol. The molecule has 5 rings (SSSR count). The lowest BCUT2D eigenvalue weighted by molar-refractivity contribution is -0.131. The Hall–Kier alpha value is -2.45. The number of anilines is 1. The summed E-state index contributed by atoms with van der Waals surface area (Å²) in [6.45, 7) is 4.19. The van der Waals surface area contributed by atoms with Gasteiger partial charge in [-0.15, -0.1) is 21.8 Å². The van der Waals surface area contributed by atoms with E-state index in [-0.39, 0.29) is 40.6 Å². The number of phenols is 1. The van der Waals surface area contributed by atoms with Crippen LogP contribution in [-0.2, 0) is 20.7 Å². The van der Waals surface area contributed by atoms with E-state index in [0.717, 1.165) is 17.8 Å². The van der Waals surface area contributed by atoms with Crippen LogP contribution in [0, 0.1) is 11.8 Å². The average molecular weight is 474 g/mol. The van der Waals surface area contributed by atoms with E-state index in [9.17, 15) is 14.7 Å². The van der Waals surface area contributed by atoms with Gasteiger partial charge in [-0.05, 0) is 42.9 Å². The molecule has 1 saturated carbocycles. The number of phenolic OH excluding ortho intramolecular Hbond substituents is 1. The van der Waals surface area contributed by atoms with E-state index in [4.69, 9.17) is 16.3 Å². The van der Waals surface area contributed by atoms with Crippen molar-refractivity contribution < 1.29 is 19.4 Å². The zero-order valence-corrected chi connectivity index (χ0v) is 19.4. The molecule has 0 saturated heterocycles. The number of halogens is 1. The summed E-state index contributed by atoms with van der Waals surface area (Å²) in [5.74, 6) is -0.183. The van der Waals surface area contributed by atoms with E-state index >= 15 is 0 Å². The molecule has 0 spiro atoms. The third-order valence-corrected chi connectivity index (χ3v) is 7.58. The van der Waals surface area contributed by atoms with Crippen LogP contribution in [-0.4, -0.2) is 38.5 Å².